The van der Waals surface area contributed by atoms with Crippen LogP contribution in [0.1, 0.15) is 7.43 Å². The van der Waals surface area contributed by atoms with E-state index in [9.17, 15) is 20.2 Å². The van der Waals surface area contributed by atoms with Crippen LogP contribution in [0, 0.1) is 20.2 Å². The minimum Gasteiger partial charge on any atom is -0.495 e. The summed E-state index contributed by atoms with van der Waals surface area (Å²) in [5, 5.41) is 27.3. The summed E-state index contributed by atoms with van der Waals surface area (Å²) in [4.78, 5) is 37.7. The average Bonchev–Trinajstić information content (AvgIpc) is 3.75. The van der Waals surface area contributed by atoms with Crippen LogP contribution in [0.25, 0.3) is 44.3 Å². The van der Waals surface area contributed by atoms with Gasteiger partial charge in [0.05, 0.1) is 55.8 Å². The Labute approximate surface area is 365 Å². The highest BCUT2D eigenvalue weighted by molar-refractivity contribution is 9.11. The number of aryl methyl sites for hydroxylation is 2. The molecule has 0 radical (unpaired) electrons. The monoisotopic (exact) mass is 958 g/mol. The second-order valence-electron chi connectivity index (χ2n) is 12.5. The maximum Gasteiger partial charge on any atom is 0.285 e. The molecule has 0 spiro atoms. The van der Waals surface area contributed by atoms with Crippen molar-refractivity contribution in [3.05, 3.63) is 144 Å². The first-order valence-corrected chi connectivity index (χ1v) is 19.2. The fraction of sp³-hybridized carbons (Fsp3) is 0.122. The number of benzene rings is 4. The number of hydrogen-bond donors (Lipinski definition) is 2. The van der Waals surface area contributed by atoms with Crippen LogP contribution in [0.15, 0.2) is 119 Å². The predicted molar refractivity (Wildman–Crippen MR) is 242 cm³/mol. The number of hydrogen-bond acceptors (Lipinski definition) is 12. The third-order valence-electron chi connectivity index (χ3n) is 8.84. The summed E-state index contributed by atoms with van der Waals surface area (Å²) in [6.07, 6.45) is 7.39. The van der Waals surface area contributed by atoms with Gasteiger partial charge in [0.25, 0.3) is 11.4 Å². The van der Waals surface area contributed by atoms with Gasteiger partial charge in [0.15, 0.2) is 0 Å². The van der Waals surface area contributed by atoms with Gasteiger partial charge < -0.3 is 29.7 Å². The summed E-state index contributed by atoms with van der Waals surface area (Å²) in [5.74, 6) is 1.16. The quantitative estimate of drug-likeness (QED) is 0.0632. The van der Waals surface area contributed by atoms with E-state index in [1.165, 1.54) is 49.4 Å². The second kappa shape index (κ2) is 19.4. The van der Waals surface area contributed by atoms with E-state index in [0.29, 0.717) is 32.1 Å². The predicted octanol–water partition coefficient (Wildman–Crippen LogP) is 10.9. The number of fused-ring (bicyclic) bond motifs is 2. The van der Waals surface area contributed by atoms with Crippen molar-refractivity contribution in [3.8, 4) is 34.0 Å². The van der Waals surface area contributed by atoms with Crippen molar-refractivity contribution in [1.82, 2.24) is 29.1 Å². The molecular weight excluding hydrogens is 924 g/mol. The van der Waals surface area contributed by atoms with Gasteiger partial charge in [-0.2, -0.15) is 0 Å². The van der Waals surface area contributed by atoms with Gasteiger partial charge in [-0.3, -0.25) is 20.2 Å². The van der Waals surface area contributed by atoms with Gasteiger partial charge in [-0.25, -0.2) is 19.9 Å². The van der Waals surface area contributed by atoms with Crippen molar-refractivity contribution in [2.24, 2.45) is 14.1 Å². The van der Waals surface area contributed by atoms with Gasteiger partial charge in [-0.05, 0) is 67.7 Å². The lowest BCUT2D eigenvalue weighted by Gasteiger charge is -2.11. The van der Waals surface area contributed by atoms with Crippen LogP contribution in [0.4, 0.5) is 28.7 Å². The number of para-hydroxylation sites is 2. The number of nitrogen functional groups attached to an aromatic ring is 1. The summed E-state index contributed by atoms with van der Waals surface area (Å²) >= 11 is 12.1. The van der Waals surface area contributed by atoms with Crippen LogP contribution >= 0.6 is 43.5 Å². The maximum atomic E-state index is 11.3. The van der Waals surface area contributed by atoms with Gasteiger partial charge in [0, 0.05) is 96.1 Å². The number of anilines is 3. The molecule has 8 aromatic rings. The SMILES string of the molecule is C.COc1cc(Br)c([N+](=O)[O-])cc1N.COc1cc(Br)c([N+](=O)[O-])cc1Nc1nccc(-c2cn(C)c3ccccc23)n1.Cn1cc(-c2ccnc(Cl)n2)c2ccccc21. The van der Waals surface area contributed by atoms with Crippen LogP contribution in [-0.4, -0.2) is 53.1 Å². The topological polar surface area (TPSA) is 204 Å². The fourth-order valence-corrected chi connectivity index (χ4v) is 7.17. The standard InChI is InChI=1S/C20H16BrN5O3.C13H10ClN3.C7H7BrN2O3.CH4/c1-25-11-13(12-5-3-4-6-17(12)25)15-7-8-22-20(23-15)24-16-10-18(26(27)28)14(21)9-19(16)29-2;1-17-8-10(9-4-2-3-5-12(9)17)11-6-7-15-13(14)16-11;1-13-7-2-4(8)6(10(11)12)3-5(7)9;/h3-11H,1-2H3,(H,22,23,24);2-8H,1H3;2-3H,9H2,1H3;1H4. The number of aromatic nitrogens is 6. The minimum atomic E-state index is -0.514. The fourth-order valence-electron chi connectivity index (χ4n) is 6.09. The third kappa shape index (κ3) is 9.79. The van der Waals surface area contributed by atoms with Crippen LogP contribution in [-0.2, 0) is 14.1 Å². The molecule has 4 aromatic carbocycles. The highest BCUT2D eigenvalue weighted by atomic mass is 79.9. The number of halogens is 3. The van der Waals surface area contributed by atoms with Crippen molar-refractivity contribution in [2.45, 2.75) is 7.43 Å². The van der Waals surface area contributed by atoms with Gasteiger partial charge in [-0.15, -0.1) is 0 Å². The van der Waals surface area contributed by atoms with Crippen LogP contribution in [0.3, 0.4) is 0 Å². The average molecular weight is 961 g/mol. The van der Waals surface area contributed by atoms with Crippen molar-refractivity contribution >= 4 is 94.0 Å². The number of nitrogens with zero attached hydrogens (tertiary/aromatic N) is 8. The van der Waals surface area contributed by atoms with E-state index in [4.69, 9.17) is 26.8 Å². The molecule has 60 heavy (non-hydrogen) atoms. The molecule has 0 saturated heterocycles. The lowest BCUT2D eigenvalue weighted by atomic mass is 10.1. The molecule has 8 rings (SSSR count). The number of nitro benzene ring substituents is 2. The molecule has 0 bridgehead atoms. The summed E-state index contributed by atoms with van der Waals surface area (Å²) in [5.41, 5.74) is 11.9. The molecule has 0 amide bonds. The zero-order chi connectivity index (χ0) is 42.4. The molecule has 0 aliphatic heterocycles. The Bertz CT molecular complexity index is 2850. The minimum absolute atomic E-state index is 0. The molecule has 0 atom stereocenters. The van der Waals surface area contributed by atoms with E-state index in [1.54, 1.807) is 12.4 Å². The van der Waals surface area contributed by atoms with Crippen molar-refractivity contribution in [3.63, 3.8) is 0 Å². The highest BCUT2D eigenvalue weighted by Gasteiger charge is 2.19. The number of methoxy groups -OCH3 is 2. The van der Waals surface area contributed by atoms with Crippen LogP contribution in [0.5, 0.6) is 11.5 Å². The third-order valence-corrected chi connectivity index (χ3v) is 10.3. The number of rotatable bonds is 8. The van der Waals surface area contributed by atoms with Gasteiger partial charge in [0.1, 0.15) is 11.5 Å². The van der Waals surface area contributed by atoms with Crippen LogP contribution in [0.2, 0.25) is 5.28 Å². The smallest absolute Gasteiger partial charge is 0.285 e. The molecule has 308 valence electrons. The number of nitrogens with two attached hydrogens (primary N) is 1. The normalized spacial score (nSPS) is 10.4. The molecule has 0 fully saturated rings. The van der Waals surface area contributed by atoms with Crippen LogP contribution < -0.4 is 20.5 Å². The summed E-state index contributed by atoms with van der Waals surface area (Å²) in [6, 6.07) is 25.6. The Balaban J connectivity index is 0.000000187. The summed E-state index contributed by atoms with van der Waals surface area (Å²) in [7, 11) is 6.95. The number of nitro groups is 2. The first kappa shape index (κ1) is 44.5. The van der Waals surface area contributed by atoms with E-state index < -0.39 is 9.85 Å². The lowest BCUT2D eigenvalue weighted by Crippen LogP contribution is -2.01. The van der Waals surface area contributed by atoms with E-state index in [1.807, 2.05) is 73.4 Å². The van der Waals surface area contributed by atoms with E-state index in [2.05, 4.69) is 80.0 Å². The second-order valence-corrected chi connectivity index (χ2v) is 14.6. The van der Waals surface area contributed by atoms with Crippen molar-refractivity contribution < 1.29 is 19.3 Å². The number of nitrogens with one attached hydrogen (secondary N) is 1. The first-order valence-electron chi connectivity index (χ1n) is 17.3. The summed E-state index contributed by atoms with van der Waals surface area (Å²) < 4.78 is 15.0. The molecule has 19 heteroatoms. The van der Waals surface area contributed by atoms with Gasteiger partial charge in [0.2, 0.25) is 11.2 Å². The molecule has 16 nitrogen and oxygen atoms in total. The molecule has 0 unspecified atom stereocenters. The molecule has 3 N–H and O–H groups in total. The van der Waals surface area contributed by atoms with E-state index in [0.717, 1.165) is 33.4 Å². The zero-order valence-corrected chi connectivity index (χ0v) is 35.6. The maximum absolute atomic E-state index is 11.3. The largest absolute Gasteiger partial charge is 0.495 e. The zero-order valence-electron chi connectivity index (χ0n) is 31.6. The number of ether oxygens (including phenoxy) is 2. The molecule has 0 aliphatic carbocycles. The van der Waals surface area contributed by atoms with Crippen molar-refractivity contribution in [2.75, 3.05) is 25.3 Å². The summed E-state index contributed by atoms with van der Waals surface area (Å²) in [6.45, 7) is 0. The molecular formula is C41H37Br2ClN10O6. The Morgan fingerprint density at radius 2 is 1.20 bits per heavy atom. The molecule has 4 heterocycles. The molecule has 0 saturated carbocycles. The molecule has 4 aromatic heterocycles. The Morgan fingerprint density at radius 1 is 0.717 bits per heavy atom. The van der Waals surface area contributed by atoms with Crippen molar-refractivity contribution in [1.29, 1.82) is 0 Å². The van der Waals surface area contributed by atoms with E-state index >= 15 is 0 Å². The Morgan fingerprint density at radius 3 is 1.72 bits per heavy atom. The van der Waals surface area contributed by atoms with E-state index in [-0.39, 0.29) is 29.8 Å². The first-order chi connectivity index (χ1) is 28.3. The lowest BCUT2D eigenvalue weighted by molar-refractivity contribution is -0.385. The van der Waals surface area contributed by atoms with Gasteiger partial charge in [-0.1, -0.05) is 43.8 Å². The Hall–Kier alpha value is -6.63. The highest BCUT2D eigenvalue weighted by Crippen LogP contribution is 2.38. The molecule has 0 aliphatic rings. The van der Waals surface area contributed by atoms with Gasteiger partial charge >= 0.3 is 0 Å². The Kier molecular flexibility index (Phi) is 14.4.